The maximum Gasteiger partial charge on any atom is 0.320 e. The highest BCUT2D eigenvalue weighted by atomic mass is 16.3. The molecule has 6 nitrogen and oxygen atoms in total. The van der Waals surface area contributed by atoms with Gasteiger partial charge in [-0.3, -0.25) is 5.32 Å². The molecule has 0 saturated carbocycles. The molecule has 2 unspecified atom stereocenters. The van der Waals surface area contributed by atoms with Crippen LogP contribution in [0.25, 0.3) is 0 Å². The fraction of sp³-hybridized carbons (Fsp3) is 0.444. The van der Waals surface area contributed by atoms with E-state index >= 15 is 0 Å². The Morgan fingerprint density at radius 1 is 1.42 bits per heavy atom. The third kappa shape index (κ3) is 3.14. The van der Waals surface area contributed by atoms with Crippen molar-refractivity contribution in [1.29, 1.82) is 0 Å². The number of carbonyl (C=O) groups excluding carboxylic acids is 1. The van der Waals surface area contributed by atoms with E-state index in [0.717, 1.165) is 24.0 Å². The summed E-state index contributed by atoms with van der Waals surface area (Å²) < 4.78 is 1.79. The van der Waals surface area contributed by atoms with Crippen LogP contribution >= 0.6 is 0 Å². The second-order valence-electron chi connectivity index (χ2n) is 6.41. The van der Waals surface area contributed by atoms with Crippen LogP contribution in [0.15, 0.2) is 36.5 Å². The minimum absolute atomic E-state index is 0.188. The van der Waals surface area contributed by atoms with E-state index in [1.807, 2.05) is 31.2 Å². The Kier molecular flexibility index (Phi) is 4.57. The number of amides is 2. The van der Waals surface area contributed by atoms with E-state index in [1.165, 1.54) is 0 Å². The van der Waals surface area contributed by atoms with Gasteiger partial charge in [0.15, 0.2) is 0 Å². The minimum Gasteiger partial charge on any atom is -0.383 e. The van der Waals surface area contributed by atoms with Gasteiger partial charge in [-0.1, -0.05) is 31.2 Å². The van der Waals surface area contributed by atoms with Gasteiger partial charge in [0, 0.05) is 6.07 Å². The lowest BCUT2D eigenvalue weighted by Crippen LogP contribution is -2.41. The molecular formula is C18H24N4O2. The highest BCUT2D eigenvalue weighted by molar-refractivity contribution is 5.88. The van der Waals surface area contributed by atoms with Gasteiger partial charge in [-0.05, 0) is 37.3 Å². The Morgan fingerprint density at radius 2 is 2.21 bits per heavy atom. The fourth-order valence-electron chi connectivity index (χ4n) is 3.18. The second kappa shape index (κ2) is 6.65. The molecule has 0 spiro atoms. The lowest BCUT2D eigenvalue weighted by Gasteiger charge is -2.24. The van der Waals surface area contributed by atoms with Gasteiger partial charge in [0.05, 0.1) is 18.8 Å². The van der Waals surface area contributed by atoms with Gasteiger partial charge in [-0.25, -0.2) is 9.48 Å². The van der Waals surface area contributed by atoms with Crippen molar-refractivity contribution in [2.24, 2.45) is 0 Å². The zero-order valence-corrected chi connectivity index (χ0v) is 14.1. The number of aliphatic hydroxyl groups is 1. The van der Waals surface area contributed by atoms with Crippen LogP contribution in [0.2, 0.25) is 0 Å². The van der Waals surface area contributed by atoms with Gasteiger partial charge >= 0.3 is 6.03 Å². The number of aryl methyl sites for hydroxylation is 1. The Balaban J connectivity index is 1.62. The van der Waals surface area contributed by atoms with E-state index in [4.69, 9.17) is 0 Å². The van der Waals surface area contributed by atoms with Crippen molar-refractivity contribution in [3.63, 3.8) is 0 Å². The van der Waals surface area contributed by atoms with Crippen molar-refractivity contribution >= 4 is 11.8 Å². The molecule has 0 aliphatic heterocycles. The van der Waals surface area contributed by atoms with Crippen LogP contribution in [0.1, 0.15) is 43.9 Å². The molecule has 1 heterocycles. The molecule has 6 heteroatoms. The Bertz CT molecular complexity index is 727. The summed E-state index contributed by atoms with van der Waals surface area (Å²) in [7, 11) is 0. The number of carbonyl (C=O) groups is 1. The molecule has 1 aromatic carbocycles. The Labute approximate surface area is 141 Å². The SMILES string of the molecule is CCC(C)n1nccc1NC(=O)NCC1(O)CCc2ccccc21. The summed E-state index contributed by atoms with van der Waals surface area (Å²) in [6, 6.07) is 9.49. The van der Waals surface area contributed by atoms with E-state index in [0.29, 0.717) is 12.2 Å². The smallest absolute Gasteiger partial charge is 0.320 e. The zero-order valence-electron chi connectivity index (χ0n) is 14.1. The quantitative estimate of drug-likeness (QED) is 0.789. The molecule has 2 aromatic rings. The summed E-state index contributed by atoms with van der Waals surface area (Å²) in [6.45, 7) is 4.31. The highest BCUT2D eigenvalue weighted by Crippen LogP contribution is 2.36. The number of nitrogens with zero attached hydrogens (tertiary/aromatic N) is 2. The third-order valence-corrected chi connectivity index (χ3v) is 4.79. The van der Waals surface area contributed by atoms with Gasteiger partial charge in [-0.15, -0.1) is 0 Å². The van der Waals surface area contributed by atoms with Gasteiger partial charge in [0.25, 0.3) is 0 Å². The average molecular weight is 328 g/mol. The molecule has 0 bridgehead atoms. The van der Waals surface area contributed by atoms with Crippen molar-refractivity contribution in [2.75, 3.05) is 11.9 Å². The van der Waals surface area contributed by atoms with E-state index < -0.39 is 5.60 Å². The number of nitrogens with one attached hydrogen (secondary N) is 2. The summed E-state index contributed by atoms with van der Waals surface area (Å²) in [6.07, 6.45) is 4.05. The first kappa shape index (κ1) is 16.5. The van der Waals surface area contributed by atoms with Crippen LogP contribution in [0, 0.1) is 0 Å². The largest absolute Gasteiger partial charge is 0.383 e. The first-order valence-corrected chi connectivity index (χ1v) is 8.42. The standard InChI is InChI=1S/C18H24N4O2/c1-3-13(2)22-16(9-11-20-22)21-17(23)19-12-18(24)10-8-14-6-4-5-7-15(14)18/h4-7,9,11,13,24H,3,8,10,12H2,1-2H3,(H2,19,21,23). The second-order valence-corrected chi connectivity index (χ2v) is 6.41. The maximum atomic E-state index is 12.2. The Hall–Kier alpha value is -2.34. The number of hydrogen-bond donors (Lipinski definition) is 3. The van der Waals surface area contributed by atoms with Crippen molar-refractivity contribution in [3.05, 3.63) is 47.7 Å². The van der Waals surface area contributed by atoms with Crippen molar-refractivity contribution in [1.82, 2.24) is 15.1 Å². The van der Waals surface area contributed by atoms with E-state index in [9.17, 15) is 9.90 Å². The van der Waals surface area contributed by atoms with Gasteiger partial charge < -0.3 is 10.4 Å². The first-order valence-electron chi connectivity index (χ1n) is 8.42. The molecule has 24 heavy (non-hydrogen) atoms. The summed E-state index contributed by atoms with van der Waals surface area (Å²) in [4.78, 5) is 12.2. The number of aromatic nitrogens is 2. The summed E-state index contributed by atoms with van der Waals surface area (Å²) in [5, 5.41) is 20.7. The predicted octanol–water partition coefficient (Wildman–Crippen LogP) is 2.81. The summed E-state index contributed by atoms with van der Waals surface area (Å²) in [5.74, 6) is 0.653. The van der Waals surface area contributed by atoms with Crippen molar-refractivity contribution in [2.45, 2.75) is 44.8 Å². The molecule has 0 saturated heterocycles. The number of benzene rings is 1. The van der Waals surface area contributed by atoms with Gasteiger partial charge in [0.2, 0.25) is 0 Å². The predicted molar refractivity (Wildman–Crippen MR) is 92.9 cm³/mol. The summed E-state index contributed by atoms with van der Waals surface area (Å²) >= 11 is 0. The van der Waals surface area contributed by atoms with Gasteiger partial charge in [0.1, 0.15) is 11.4 Å². The molecule has 1 aliphatic rings. The van der Waals surface area contributed by atoms with Crippen molar-refractivity contribution in [3.8, 4) is 0 Å². The number of anilines is 1. The topological polar surface area (TPSA) is 79.2 Å². The molecular weight excluding hydrogens is 304 g/mol. The first-order chi connectivity index (χ1) is 11.5. The third-order valence-electron chi connectivity index (χ3n) is 4.79. The number of hydrogen-bond acceptors (Lipinski definition) is 3. The molecule has 1 aromatic heterocycles. The van der Waals surface area contributed by atoms with Crippen LogP contribution in [0.3, 0.4) is 0 Å². The lowest BCUT2D eigenvalue weighted by molar-refractivity contribution is 0.0417. The monoisotopic (exact) mass is 328 g/mol. The van der Waals surface area contributed by atoms with Crippen LogP contribution in [-0.2, 0) is 12.0 Å². The van der Waals surface area contributed by atoms with Crippen LogP contribution in [0.4, 0.5) is 10.6 Å². The van der Waals surface area contributed by atoms with Crippen molar-refractivity contribution < 1.29 is 9.90 Å². The average Bonchev–Trinajstić information content (AvgIpc) is 3.18. The van der Waals surface area contributed by atoms with E-state index in [2.05, 4.69) is 22.7 Å². The minimum atomic E-state index is -0.995. The van der Waals surface area contributed by atoms with Gasteiger partial charge in [-0.2, -0.15) is 5.10 Å². The molecule has 2 amide bonds. The number of urea groups is 1. The van der Waals surface area contributed by atoms with Crippen LogP contribution < -0.4 is 10.6 Å². The maximum absolute atomic E-state index is 12.2. The lowest BCUT2D eigenvalue weighted by atomic mass is 9.96. The summed E-state index contributed by atoms with van der Waals surface area (Å²) in [5.41, 5.74) is 1.07. The van der Waals surface area contributed by atoms with Crippen LogP contribution in [0.5, 0.6) is 0 Å². The molecule has 128 valence electrons. The fourth-order valence-corrected chi connectivity index (χ4v) is 3.18. The molecule has 1 aliphatic carbocycles. The Morgan fingerprint density at radius 3 is 3.00 bits per heavy atom. The molecule has 3 rings (SSSR count). The zero-order chi connectivity index (χ0) is 17.2. The molecule has 0 fully saturated rings. The van der Waals surface area contributed by atoms with E-state index in [-0.39, 0.29) is 18.6 Å². The molecule has 2 atom stereocenters. The highest BCUT2D eigenvalue weighted by Gasteiger charge is 2.36. The van der Waals surface area contributed by atoms with Crippen LogP contribution in [-0.4, -0.2) is 27.5 Å². The number of fused-ring (bicyclic) bond motifs is 1. The molecule has 0 radical (unpaired) electrons. The number of rotatable bonds is 5. The van der Waals surface area contributed by atoms with E-state index in [1.54, 1.807) is 16.9 Å². The molecule has 3 N–H and O–H groups in total. The normalized spacial score (nSPS) is 20.5.